The number of nitrogens with zero attached hydrogens (tertiary/aromatic N) is 1. The van der Waals surface area contributed by atoms with Gasteiger partial charge in [0.15, 0.2) is 0 Å². The minimum atomic E-state index is 0.121. The lowest BCUT2D eigenvalue weighted by Gasteiger charge is -2.30. The third-order valence-electron chi connectivity index (χ3n) is 4.33. The van der Waals surface area contributed by atoms with Gasteiger partial charge in [0.25, 0.3) is 0 Å². The van der Waals surface area contributed by atoms with Crippen molar-refractivity contribution in [2.75, 3.05) is 6.54 Å². The molecule has 0 saturated carbocycles. The van der Waals surface area contributed by atoms with Crippen LogP contribution in [-0.4, -0.2) is 11.5 Å². The first-order valence-corrected chi connectivity index (χ1v) is 7.30. The number of aryl methyl sites for hydroxylation is 1. The molecule has 1 atom stereocenters. The number of nitrogens with one attached hydrogen (secondary N) is 1. The van der Waals surface area contributed by atoms with E-state index < -0.39 is 0 Å². The summed E-state index contributed by atoms with van der Waals surface area (Å²) in [7, 11) is 0. The SMILES string of the molecule is Cc1ccc2cc(C3(C)CCCCCN3)ccc2n1. The molecule has 2 heteroatoms. The van der Waals surface area contributed by atoms with Gasteiger partial charge in [0.2, 0.25) is 0 Å². The first-order valence-electron chi connectivity index (χ1n) is 7.30. The number of rotatable bonds is 1. The molecule has 100 valence electrons. The van der Waals surface area contributed by atoms with Crippen molar-refractivity contribution in [1.29, 1.82) is 0 Å². The maximum Gasteiger partial charge on any atom is 0.0705 e. The van der Waals surface area contributed by atoms with Gasteiger partial charge in [-0.3, -0.25) is 4.98 Å². The van der Waals surface area contributed by atoms with Crippen molar-refractivity contribution in [2.45, 2.75) is 45.1 Å². The van der Waals surface area contributed by atoms with Gasteiger partial charge in [-0.2, -0.15) is 0 Å². The molecule has 0 aliphatic carbocycles. The zero-order valence-electron chi connectivity index (χ0n) is 11.9. The standard InChI is InChI=1S/C17H22N2/c1-13-6-7-14-12-15(8-9-16(14)19-13)17(2)10-4-3-5-11-18-17/h6-9,12,18H,3-5,10-11H2,1-2H3. The van der Waals surface area contributed by atoms with E-state index in [1.54, 1.807) is 0 Å². The predicted octanol–water partition coefficient (Wildman–Crippen LogP) is 3.92. The van der Waals surface area contributed by atoms with E-state index in [1.807, 2.05) is 6.92 Å². The van der Waals surface area contributed by atoms with Crippen molar-refractivity contribution in [3.63, 3.8) is 0 Å². The Kier molecular flexibility index (Phi) is 3.28. The molecule has 3 rings (SSSR count). The molecule has 19 heavy (non-hydrogen) atoms. The molecule has 1 fully saturated rings. The highest BCUT2D eigenvalue weighted by Crippen LogP contribution is 2.31. The Bertz CT molecular complexity index is 581. The average Bonchev–Trinajstić information content (AvgIpc) is 2.64. The van der Waals surface area contributed by atoms with Crippen LogP contribution in [0.1, 0.15) is 43.9 Å². The third-order valence-corrected chi connectivity index (χ3v) is 4.33. The Labute approximate surface area is 115 Å². The fourth-order valence-corrected chi connectivity index (χ4v) is 3.05. The van der Waals surface area contributed by atoms with Crippen LogP contribution in [0.5, 0.6) is 0 Å². The lowest BCUT2D eigenvalue weighted by atomic mass is 9.87. The first-order chi connectivity index (χ1) is 9.17. The van der Waals surface area contributed by atoms with Gasteiger partial charge in [0.1, 0.15) is 0 Å². The topological polar surface area (TPSA) is 24.9 Å². The lowest BCUT2D eigenvalue weighted by molar-refractivity contribution is 0.360. The van der Waals surface area contributed by atoms with Gasteiger partial charge in [-0.15, -0.1) is 0 Å². The van der Waals surface area contributed by atoms with Crippen LogP contribution in [0.4, 0.5) is 0 Å². The smallest absolute Gasteiger partial charge is 0.0705 e. The summed E-state index contributed by atoms with van der Waals surface area (Å²) in [5, 5.41) is 4.98. The maximum atomic E-state index is 4.58. The van der Waals surface area contributed by atoms with E-state index in [0.29, 0.717) is 0 Å². The molecule has 0 spiro atoms. The predicted molar refractivity (Wildman–Crippen MR) is 80.3 cm³/mol. The zero-order valence-corrected chi connectivity index (χ0v) is 11.9. The molecule has 0 amide bonds. The molecule has 2 nitrogen and oxygen atoms in total. The monoisotopic (exact) mass is 254 g/mol. The quantitative estimate of drug-likeness (QED) is 0.834. The first kappa shape index (κ1) is 12.6. The molecule has 2 aromatic rings. The second-order valence-electron chi connectivity index (χ2n) is 5.93. The molecule has 0 bridgehead atoms. The molecule has 1 unspecified atom stereocenters. The summed E-state index contributed by atoms with van der Waals surface area (Å²) in [4.78, 5) is 4.58. The van der Waals surface area contributed by atoms with Crippen molar-refractivity contribution in [3.8, 4) is 0 Å². The van der Waals surface area contributed by atoms with E-state index in [2.05, 4.69) is 47.6 Å². The number of benzene rings is 1. The fourth-order valence-electron chi connectivity index (χ4n) is 3.05. The summed E-state index contributed by atoms with van der Waals surface area (Å²) in [6.07, 6.45) is 5.17. The number of hydrogen-bond donors (Lipinski definition) is 1. The van der Waals surface area contributed by atoms with Gasteiger partial charge in [-0.25, -0.2) is 0 Å². The van der Waals surface area contributed by atoms with Gasteiger partial charge in [0, 0.05) is 16.6 Å². The molecule has 1 aromatic carbocycles. The minimum Gasteiger partial charge on any atom is -0.308 e. The summed E-state index contributed by atoms with van der Waals surface area (Å²) >= 11 is 0. The van der Waals surface area contributed by atoms with Crippen molar-refractivity contribution >= 4 is 10.9 Å². The molecule has 1 aliphatic heterocycles. The number of hydrogen-bond acceptors (Lipinski definition) is 2. The van der Waals surface area contributed by atoms with E-state index >= 15 is 0 Å². The van der Waals surface area contributed by atoms with Crippen LogP contribution in [0.3, 0.4) is 0 Å². The van der Waals surface area contributed by atoms with Crippen LogP contribution in [0.2, 0.25) is 0 Å². The van der Waals surface area contributed by atoms with Crippen LogP contribution in [-0.2, 0) is 5.54 Å². The fraction of sp³-hybridized carbons (Fsp3) is 0.471. The summed E-state index contributed by atoms with van der Waals surface area (Å²) in [5.74, 6) is 0. The Balaban J connectivity index is 2.02. The Morgan fingerprint density at radius 2 is 2.00 bits per heavy atom. The van der Waals surface area contributed by atoms with Crippen molar-refractivity contribution < 1.29 is 0 Å². The Hall–Kier alpha value is -1.41. The normalized spacial score (nSPS) is 24.3. The minimum absolute atomic E-state index is 0.121. The second-order valence-corrected chi connectivity index (χ2v) is 5.93. The average molecular weight is 254 g/mol. The molecule has 1 aliphatic rings. The van der Waals surface area contributed by atoms with Crippen LogP contribution in [0.15, 0.2) is 30.3 Å². The zero-order chi connectivity index (χ0) is 13.3. The van der Waals surface area contributed by atoms with Crippen LogP contribution >= 0.6 is 0 Å². The number of fused-ring (bicyclic) bond motifs is 1. The van der Waals surface area contributed by atoms with Gasteiger partial charge >= 0.3 is 0 Å². The largest absolute Gasteiger partial charge is 0.308 e. The summed E-state index contributed by atoms with van der Waals surface area (Å²) in [6.45, 7) is 5.50. The van der Waals surface area contributed by atoms with E-state index in [-0.39, 0.29) is 5.54 Å². The molecule has 1 saturated heterocycles. The highest BCUT2D eigenvalue weighted by atomic mass is 15.0. The highest BCUT2D eigenvalue weighted by molar-refractivity contribution is 5.79. The molecular weight excluding hydrogens is 232 g/mol. The Morgan fingerprint density at radius 3 is 2.89 bits per heavy atom. The number of pyridine rings is 1. The Morgan fingerprint density at radius 1 is 1.11 bits per heavy atom. The van der Waals surface area contributed by atoms with Gasteiger partial charge in [0.05, 0.1) is 5.52 Å². The van der Waals surface area contributed by atoms with Crippen LogP contribution < -0.4 is 5.32 Å². The molecule has 0 radical (unpaired) electrons. The summed E-state index contributed by atoms with van der Waals surface area (Å²) in [6, 6.07) is 11.0. The maximum absolute atomic E-state index is 4.58. The van der Waals surface area contributed by atoms with Gasteiger partial charge < -0.3 is 5.32 Å². The van der Waals surface area contributed by atoms with E-state index in [0.717, 1.165) is 17.8 Å². The van der Waals surface area contributed by atoms with Crippen LogP contribution in [0.25, 0.3) is 10.9 Å². The highest BCUT2D eigenvalue weighted by Gasteiger charge is 2.27. The van der Waals surface area contributed by atoms with Crippen molar-refractivity contribution in [2.24, 2.45) is 0 Å². The summed E-state index contributed by atoms with van der Waals surface area (Å²) < 4.78 is 0. The second kappa shape index (κ2) is 4.93. The molecule has 1 N–H and O–H groups in total. The molecular formula is C17H22N2. The molecule has 2 heterocycles. The summed E-state index contributed by atoms with van der Waals surface area (Å²) in [5.41, 5.74) is 3.70. The van der Waals surface area contributed by atoms with E-state index in [1.165, 1.54) is 36.6 Å². The van der Waals surface area contributed by atoms with E-state index in [4.69, 9.17) is 0 Å². The van der Waals surface area contributed by atoms with Gasteiger partial charge in [-0.1, -0.05) is 25.0 Å². The van der Waals surface area contributed by atoms with E-state index in [9.17, 15) is 0 Å². The van der Waals surface area contributed by atoms with Crippen molar-refractivity contribution in [3.05, 3.63) is 41.6 Å². The molecule has 1 aromatic heterocycles. The van der Waals surface area contributed by atoms with Crippen LogP contribution in [0, 0.1) is 6.92 Å². The van der Waals surface area contributed by atoms with Gasteiger partial charge in [-0.05, 0) is 57.0 Å². The third kappa shape index (κ3) is 2.50. The van der Waals surface area contributed by atoms with Crippen molar-refractivity contribution in [1.82, 2.24) is 10.3 Å². The lowest BCUT2D eigenvalue weighted by Crippen LogP contribution is -2.38. The number of aromatic nitrogens is 1.